The number of aliphatic carboxylic acids is 2. The zero-order valence-corrected chi connectivity index (χ0v) is 20.5. The van der Waals surface area contributed by atoms with Crippen molar-refractivity contribution < 1.29 is 46.2 Å². The fraction of sp³-hybridized carbons (Fsp3) is 0.625. The van der Waals surface area contributed by atoms with Gasteiger partial charge in [0.15, 0.2) is 0 Å². The van der Waals surface area contributed by atoms with Crippen LogP contribution in [-0.4, -0.2) is 76.5 Å². The maximum atomic E-state index is 12.5. The highest BCUT2D eigenvalue weighted by Crippen LogP contribution is 2.21. The highest BCUT2D eigenvalue weighted by molar-refractivity contribution is 8.76. The molecule has 190 valence electrons. The minimum atomic E-state index is -5.08. The van der Waals surface area contributed by atoms with E-state index >= 15 is 0 Å². The standard InChI is InChI=1S/C14H24N4O5S3.C2HF3O2/c1-9-13(11(3)18(4)16-9)26(22,23)17-10(2)14(21)15-6-8-25-24-7-5-12(19)20;3-2(4,5)1(6)7/h10,17H,5-8H2,1-4H3,(H,15,21)(H,19,20);(H,6,7). The summed E-state index contributed by atoms with van der Waals surface area (Å²) in [6, 6.07) is -0.927. The Bertz CT molecular complexity index is 937. The van der Waals surface area contributed by atoms with E-state index in [-0.39, 0.29) is 11.3 Å². The van der Waals surface area contributed by atoms with Crippen molar-refractivity contribution in [1.29, 1.82) is 0 Å². The van der Waals surface area contributed by atoms with Crippen LogP contribution in [-0.2, 0) is 31.5 Å². The summed E-state index contributed by atoms with van der Waals surface area (Å²) in [5.74, 6) is -2.94. The molecule has 17 heteroatoms. The number of carboxylic acid groups (broad SMARTS) is 2. The highest BCUT2D eigenvalue weighted by atomic mass is 33.1. The molecule has 4 N–H and O–H groups in total. The summed E-state index contributed by atoms with van der Waals surface area (Å²) in [6.07, 6.45) is -4.99. The molecule has 0 spiro atoms. The van der Waals surface area contributed by atoms with Crippen molar-refractivity contribution in [3.63, 3.8) is 0 Å². The summed E-state index contributed by atoms with van der Waals surface area (Å²) in [5, 5.41) is 22.4. The monoisotopic (exact) mass is 538 g/mol. The van der Waals surface area contributed by atoms with Gasteiger partial charge in [-0.05, 0) is 20.8 Å². The lowest BCUT2D eigenvalue weighted by molar-refractivity contribution is -0.192. The normalized spacial score (nSPS) is 12.5. The molecule has 1 atom stereocenters. The Morgan fingerprint density at radius 3 is 2.09 bits per heavy atom. The fourth-order valence-corrected chi connectivity index (χ4v) is 5.63. The summed E-state index contributed by atoms with van der Waals surface area (Å²) < 4.78 is 60.6. The molecule has 0 bridgehead atoms. The van der Waals surface area contributed by atoms with Gasteiger partial charge in [-0.1, -0.05) is 21.6 Å². The Kier molecular flexibility index (Phi) is 12.8. The number of hydrogen-bond donors (Lipinski definition) is 4. The maximum absolute atomic E-state index is 12.5. The van der Waals surface area contributed by atoms with Crippen molar-refractivity contribution in [1.82, 2.24) is 19.8 Å². The van der Waals surface area contributed by atoms with Gasteiger partial charge >= 0.3 is 18.1 Å². The summed E-state index contributed by atoms with van der Waals surface area (Å²) in [7, 11) is 0.674. The molecule has 0 radical (unpaired) electrons. The first-order valence-electron chi connectivity index (χ1n) is 9.07. The van der Waals surface area contributed by atoms with Crippen LogP contribution in [0.5, 0.6) is 0 Å². The molecular formula is C16H25F3N4O7S3. The van der Waals surface area contributed by atoms with Crippen LogP contribution < -0.4 is 10.0 Å². The quantitative estimate of drug-likeness (QED) is 0.238. The zero-order chi connectivity index (χ0) is 26.0. The van der Waals surface area contributed by atoms with Crippen LogP contribution in [0.1, 0.15) is 24.7 Å². The van der Waals surface area contributed by atoms with Crippen molar-refractivity contribution in [2.75, 3.05) is 18.1 Å². The minimum absolute atomic E-state index is 0.0880. The number of amides is 1. The first-order valence-corrected chi connectivity index (χ1v) is 13.0. The summed E-state index contributed by atoms with van der Waals surface area (Å²) >= 11 is 0. The van der Waals surface area contributed by atoms with Crippen LogP contribution in [0.15, 0.2) is 4.90 Å². The number of carboxylic acids is 2. The number of nitrogens with one attached hydrogen (secondary N) is 2. The number of carbonyl (C=O) groups is 3. The number of alkyl halides is 3. The number of nitrogens with zero attached hydrogens (tertiary/aromatic N) is 2. The Morgan fingerprint density at radius 2 is 1.67 bits per heavy atom. The molecule has 1 amide bonds. The molecule has 0 fully saturated rings. The molecule has 0 saturated carbocycles. The van der Waals surface area contributed by atoms with Gasteiger partial charge in [0, 0.05) is 25.1 Å². The number of carbonyl (C=O) groups excluding carboxylic acids is 1. The summed E-state index contributed by atoms with van der Waals surface area (Å²) in [6.45, 7) is 5.09. The van der Waals surface area contributed by atoms with E-state index in [1.807, 2.05) is 0 Å². The van der Waals surface area contributed by atoms with Crippen molar-refractivity contribution in [2.45, 2.75) is 44.3 Å². The number of rotatable bonds is 11. The Labute approximate surface area is 196 Å². The third kappa shape index (κ3) is 11.6. The molecular weight excluding hydrogens is 513 g/mol. The molecule has 0 aliphatic heterocycles. The average Bonchev–Trinajstić information content (AvgIpc) is 2.92. The van der Waals surface area contributed by atoms with Gasteiger partial charge in [-0.3, -0.25) is 14.3 Å². The van der Waals surface area contributed by atoms with Crippen LogP contribution >= 0.6 is 21.6 Å². The zero-order valence-electron chi connectivity index (χ0n) is 18.1. The van der Waals surface area contributed by atoms with Gasteiger partial charge in [-0.25, -0.2) is 13.2 Å². The largest absolute Gasteiger partial charge is 0.490 e. The van der Waals surface area contributed by atoms with Gasteiger partial charge in [0.05, 0.1) is 23.9 Å². The molecule has 1 heterocycles. The smallest absolute Gasteiger partial charge is 0.481 e. The second kappa shape index (κ2) is 13.7. The second-order valence-corrected chi connectivity index (χ2v) is 10.7. The number of sulfonamides is 1. The maximum Gasteiger partial charge on any atom is 0.490 e. The molecule has 0 aliphatic carbocycles. The molecule has 33 heavy (non-hydrogen) atoms. The number of aromatic nitrogens is 2. The van der Waals surface area contributed by atoms with Crippen LogP contribution in [0, 0.1) is 13.8 Å². The highest BCUT2D eigenvalue weighted by Gasteiger charge is 2.38. The number of halogens is 3. The second-order valence-electron chi connectivity index (χ2n) is 6.35. The van der Waals surface area contributed by atoms with Crippen molar-refractivity contribution in [2.24, 2.45) is 7.05 Å². The molecule has 0 aliphatic rings. The molecule has 0 saturated heterocycles. The van der Waals surface area contributed by atoms with E-state index in [1.54, 1.807) is 20.9 Å². The van der Waals surface area contributed by atoms with Crippen LogP contribution in [0.2, 0.25) is 0 Å². The average molecular weight is 539 g/mol. The van der Waals surface area contributed by atoms with E-state index < -0.39 is 40.1 Å². The number of aryl methyl sites for hydroxylation is 2. The van der Waals surface area contributed by atoms with Crippen LogP contribution in [0.25, 0.3) is 0 Å². The van der Waals surface area contributed by atoms with Gasteiger partial charge in [-0.2, -0.15) is 23.0 Å². The predicted molar refractivity (Wildman–Crippen MR) is 116 cm³/mol. The first-order chi connectivity index (χ1) is 15.0. The van der Waals surface area contributed by atoms with E-state index in [1.165, 1.54) is 33.2 Å². The molecule has 0 aromatic carbocycles. The first kappa shape index (κ1) is 31.0. The SMILES string of the molecule is Cc1nn(C)c(C)c1S(=O)(=O)NC(C)C(=O)NCCSSCCC(=O)O.O=C(O)C(F)(F)F. The van der Waals surface area contributed by atoms with Gasteiger partial charge in [0.25, 0.3) is 0 Å². The van der Waals surface area contributed by atoms with E-state index in [0.717, 1.165) is 0 Å². The lowest BCUT2D eigenvalue weighted by Crippen LogP contribution is -2.45. The van der Waals surface area contributed by atoms with Crippen LogP contribution in [0.3, 0.4) is 0 Å². The van der Waals surface area contributed by atoms with E-state index in [2.05, 4.69) is 15.1 Å². The number of hydrogen-bond acceptors (Lipinski definition) is 8. The van der Waals surface area contributed by atoms with E-state index in [4.69, 9.17) is 15.0 Å². The lowest BCUT2D eigenvalue weighted by atomic mass is 10.3. The summed E-state index contributed by atoms with van der Waals surface area (Å²) in [4.78, 5) is 31.4. The van der Waals surface area contributed by atoms with Crippen molar-refractivity contribution >= 4 is 49.5 Å². The van der Waals surface area contributed by atoms with E-state index in [9.17, 15) is 31.2 Å². The minimum Gasteiger partial charge on any atom is -0.481 e. The predicted octanol–water partition coefficient (Wildman–Crippen LogP) is 1.31. The van der Waals surface area contributed by atoms with E-state index in [0.29, 0.717) is 29.4 Å². The molecule has 11 nitrogen and oxygen atoms in total. The molecule has 1 rings (SSSR count). The van der Waals surface area contributed by atoms with Crippen molar-refractivity contribution in [3.8, 4) is 0 Å². The topological polar surface area (TPSA) is 168 Å². The van der Waals surface area contributed by atoms with Gasteiger partial charge < -0.3 is 15.5 Å². The lowest BCUT2D eigenvalue weighted by Gasteiger charge is -2.14. The summed E-state index contributed by atoms with van der Waals surface area (Å²) in [5.41, 5.74) is 0.872. The van der Waals surface area contributed by atoms with Crippen LogP contribution in [0.4, 0.5) is 13.2 Å². The molecule has 1 aromatic rings. The fourth-order valence-electron chi connectivity index (χ4n) is 2.10. The Balaban J connectivity index is 0.00000126. The Morgan fingerprint density at radius 1 is 1.15 bits per heavy atom. The third-order valence-electron chi connectivity index (χ3n) is 3.65. The van der Waals surface area contributed by atoms with Gasteiger partial charge in [0.2, 0.25) is 15.9 Å². The third-order valence-corrected chi connectivity index (χ3v) is 7.85. The molecule has 1 unspecified atom stereocenters. The van der Waals surface area contributed by atoms with Crippen molar-refractivity contribution in [3.05, 3.63) is 11.4 Å². The van der Waals surface area contributed by atoms with Gasteiger partial charge in [-0.15, -0.1) is 0 Å². The van der Waals surface area contributed by atoms with Gasteiger partial charge in [0.1, 0.15) is 4.90 Å². The Hall–Kier alpha value is -1.98. The molecule has 1 aromatic heterocycles.